The van der Waals surface area contributed by atoms with Gasteiger partial charge < -0.3 is 9.64 Å². The second kappa shape index (κ2) is 12.0. The van der Waals surface area contributed by atoms with Crippen LogP contribution in [0.15, 0.2) is 108 Å². The van der Waals surface area contributed by atoms with Crippen molar-refractivity contribution < 1.29 is 9.53 Å². The Morgan fingerprint density at radius 3 is 2.23 bits per heavy atom. The standard InChI is InChI=1S/C35H35N3O2/c1-5-37(21-22-40-33-19-14-29(15-20-33)28-9-7-6-8-10-28)32-18-13-30(26(3)23-32)24-34-27(4)36-38(35(34)39)31-16-11-25(2)12-17-31/h6-20,23-24H,5,21-22H2,1-4H3/b34-24+. The lowest BCUT2D eigenvalue weighted by atomic mass is 10.0. The Hall–Kier alpha value is -4.64. The van der Waals surface area contributed by atoms with Gasteiger partial charge in [-0.1, -0.05) is 66.2 Å². The molecule has 4 aromatic rings. The van der Waals surface area contributed by atoms with E-state index in [4.69, 9.17) is 4.74 Å². The number of carbonyl (C=O) groups is 1. The number of ether oxygens (including phenoxy) is 1. The number of amides is 1. The molecule has 0 unspecified atom stereocenters. The minimum absolute atomic E-state index is 0.103. The van der Waals surface area contributed by atoms with Gasteiger partial charge in [0.2, 0.25) is 0 Å². The van der Waals surface area contributed by atoms with Gasteiger partial charge in [0, 0.05) is 12.2 Å². The van der Waals surface area contributed by atoms with Crippen LogP contribution in [0.4, 0.5) is 11.4 Å². The normalized spacial score (nSPS) is 14.0. The molecule has 5 nitrogen and oxygen atoms in total. The largest absolute Gasteiger partial charge is 0.492 e. The Balaban J connectivity index is 1.22. The average Bonchev–Trinajstić information content (AvgIpc) is 3.26. The van der Waals surface area contributed by atoms with Gasteiger partial charge in [0.15, 0.2) is 0 Å². The highest BCUT2D eigenvalue weighted by atomic mass is 16.5. The molecule has 0 N–H and O–H groups in total. The van der Waals surface area contributed by atoms with E-state index in [1.54, 1.807) is 0 Å². The molecule has 40 heavy (non-hydrogen) atoms. The summed E-state index contributed by atoms with van der Waals surface area (Å²) in [6, 6.07) is 32.8. The van der Waals surface area contributed by atoms with Gasteiger partial charge in [-0.25, -0.2) is 0 Å². The number of aryl methyl sites for hydroxylation is 2. The Bertz CT molecular complexity index is 1540. The molecule has 1 aliphatic heterocycles. The number of hydrogen-bond donors (Lipinski definition) is 0. The average molecular weight is 530 g/mol. The molecule has 5 rings (SSSR count). The van der Waals surface area contributed by atoms with Crippen LogP contribution in [0.2, 0.25) is 0 Å². The fourth-order valence-electron chi connectivity index (χ4n) is 4.84. The van der Waals surface area contributed by atoms with Crippen molar-refractivity contribution in [3.05, 3.63) is 119 Å². The van der Waals surface area contributed by atoms with E-state index >= 15 is 0 Å². The number of carbonyl (C=O) groups excluding carboxylic acids is 1. The summed E-state index contributed by atoms with van der Waals surface area (Å²) in [5.41, 5.74) is 8.89. The lowest BCUT2D eigenvalue weighted by Crippen LogP contribution is -2.28. The number of hydrazone groups is 1. The summed E-state index contributed by atoms with van der Waals surface area (Å²) >= 11 is 0. The smallest absolute Gasteiger partial charge is 0.280 e. The SMILES string of the molecule is CCN(CCOc1ccc(-c2ccccc2)cc1)c1ccc(/C=C2/C(=O)N(c3ccc(C)cc3)N=C2C)c(C)c1. The van der Waals surface area contributed by atoms with Gasteiger partial charge in [0.05, 0.1) is 23.5 Å². The van der Waals surface area contributed by atoms with Crippen molar-refractivity contribution in [2.45, 2.75) is 27.7 Å². The summed E-state index contributed by atoms with van der Waals surface area (Å²) in [6.07, 6.45) is 1.95. The van der Waals surface area contributed by atoms with Gasteiger partial charge in [-0.15, -0.1) is 0 Å². The molecule has 1 heterocycles. The summed E-state index contributed by atoms with van der Waals surface area (Å²) < 4.78 is 6.06. The fraction of sp³-hybridized carbons (Fsp3) is 0.200. The molecule has 0 radical (unpaired) electrons. The van der Waals surface area contributed by atoms with Crippen LogP contribution in [0.1, 0.15) is 30.5 Å². The monoisotopic (exact) mass is 529 g/mol. The molecule has 0 atom stereocenters. The van der Waals surface area contributed by atoms with Gasteiger partial charge in [0.25, 0.3) is 5.91 Å². The summed E-state index contributed by atoms with van der Waals surface area (Å²) in [5, 5.41) is 6.01. The van der Waals surface area contributed by atoms with Crippen LogP contribution < -0.4 is 14.6 Å². The highest BCUT2D eigenvalue weighted by Crippen LogP contribution is 2.28. The summed E-state index contributed by atoms with van der Waals surface area (Å²) in [5.74, 6) is 0.765. The number of benzene rings is 4. The number of anilines is 2. The highest BCUT2D eigenvalue weighted by molar-refractivity contribution is 6.32. The van der Waals surface area contributed by atoms with Crippen molar-refractivity contribution >= 4 is 29.1 Å². The van der Waals surface area contributed by atoms with Crippen LogP contribution >= 0.6 is 0 Å². The molecule has 5 heteroatoms. The molecule has 0 aliphatic carbocycles. The van der Waals surface area contributed by atoms with Gasteiger partial charge in [0.1, 0.15) is 12.4 Å². The van der Waals surface area contributed by atoms with Crippen molar-refractivity contribution in [3.63, 3.8) is 0 Å². The molecule has 0 spiro atoms. The maximum atomic E-state index is 13.2. The van der Waals surface area contributed by atoms with Crippen LogP contribution in [-0.4, -0.2) is 31.3 Å². The molecular formula is C35H35N3O2. The van der Waals surface area contributed by atoms with E-state index in [1.165, 1.54) is 16.1 Å². The zero-order valence-corrected chi connectivity index (χ0v) is 23.6. The van der Waals surface area contributed by atoms with Crippen molar-refractivity contribution in [1.29, 1.82) is 0 Å². The number of likely N-dealkylation sites (N-methyl/N-ethyl adjacent to an activating group) is 1. The summed E-state index contributed by atoms with van der Waals surface area (Å²) in [7, 11) is 0. The second-order valence-corrected chi connectivity index (χ2v) is 10.1. The van der Waals surface area contributed by atoms with Gasteiger partial charge >= 0.3 is 0 Å². The third-order valence-electron chi connectivity index (χ3n) is 7.23. The van der Waals surface area contributed by atoms with Crippen molar-refractivity contribution in [3.8, 4) is 16.9 Å². The second-order valence-electron chi connectivity index (χ2n) is 10.1. The number of hydrogen-bond acceptors (Lipinski definition) is 4. The maximum Gasteiger partial charge on any atom is 0.280 e. The first-order valence-electron chi connectivity index (χ1n) is 13.7. The van der Waals surface area contributed by atoms with Crippen molar-refractivity contribution in [2.75, 3.05) is 29.6 Å². The van der Waals surface area contributed by atoms with E-state index in [0.29, 0.717) is 12.2 Å². The highest BCUT2D eigenvalue weighted by Gasteiger charge is 2.28. The predicted molar refractivity (Wildman–Crippen MR) is 166 cm³/mol. The van der Waals surface area contributed by atoms with E-state index in [2.05, 4.69) is 66.3 Å². The number of rotatable bonds is 9. The zero-order valence-electron chi connectivity index (χ0n) is 23.6. The third kappa shape index (κ3) is 5.99. The Labute approximate surface area is 237 Å². The Morgan fingerprint density at radius 2 is 1.55 bits per heavy atom. The molecule has 0 saturated heterocycles. The molecule has 202 valence electrons. The van der Waals surface area contributed by atoms with Crippen LogP contribution in [-0.2, 0) is 4.79 Å². The van der Waals surface area contributed by atoms with Crippen LogP contribution in [0.3, 0.4) is 0 Å². The van der Waals surface area contributed by atoms with E-state index in [0.717, 1.165) is 52.6 Å². The van der Waals surface area contributed by atoms with Crippen molar-refractivity contribution in [2.24, 2.45) is 5.10 Å². The van der Waals surface area contributed by atoms with Crippen LogP contribution in [0, 0.1) is 13.8 Å². The minimum Gasteiger partial charge on any atom is -0.492 e. The first-order chi connectivity index (χ1) is 19.4. The van der Waals surface area contributed by atoms with Gasteiger partial charge in [-0.05, 0) is 92.4 Å². The maximum absolute atomic E-state index is 13.2. The van der Waals surface area contributed by atoms with E-state index < -0.39 is 0 Å². The van der Waals surface area contributed by atoms with Gasteiger partial charge in [-0.2, -0.15) is 10.1 Å². The number of nitrogens with zero attached hydrogens (tertiary/aromatic N) is 3. The predicted octanol–water partition coefficient (Wildman–Crippen LogP) is 7.68. The summed E-state index contributed by atoms with van der Waals surface area (Å²) in [4.78, 5) is 15.5. The molecular weight excluding hydrogens is 494 g/mol. The van der Waals surface area contributed by atoms with E-state index in [9.17, 15) is 4.79 Å². The topological polar surface area (TPSA) is 45.1 Å². The molecule has 0 aromatic heterocycles. The molecule has 0 fully saturated rings. The Morgan fingerprint density at radius 1 is 0.850 bits per heavy atom. The van der Waals surface area contributed by atoms with E-state index in [-0.39, 0.29) is 5.91 Å². The fourth-order valence-corrected chi connectivity index (χ4v) is 4.84. The third-order valence-corrected chi connectivity index (χ3v) is 7.23. The van der Waals surface area contributed by atoms with Crippen molar-refractivity contribution in [1.82, 2.24) is 0 Å². The zero-order chi connectivity index (χ0) is 28.1. The van der Waals surface area contributed by atoms with Crippen LogP contribution in [0.25, 0.3) is 17.2 Å². The first-order valence-corrected chi connectivity index (χ1v) is 13.7. The molecule has 4 aromatic carbocycles. The van der Waals surface area contributed by atoms with Crippen LogP contribution in [0.5, 0.6) is 5.75 Å². The molecule has 1 amide bonds. The van der Waals surface area contributed by atoms with Gasteiger partial charge in [-0.3, -0.25) is 4.79 Å². The Kier molecular flexibility index (Phi) is 8.11. The lowest BCUT2D eigenvalue weighted by Gasteiger charge is -2.24. The quantitative estimate of drug-likeness (QED) is 0.209. The molecule has 0 bridgehead atoms. The first kappa shape index (κ1) is 26.9. The summed E-state index contributed by atoms with van der Waals surface area (Å²) in [6.45, 7) is 10.4. The molecule has 1 aliphatic rings. The lowest BCUT2D eigenvalue weighted by molar-refractivity contribution is -0.114. The minimum atomic E-state index is -0.103. The molecule has 0 saturated carbocycles. The van der Waals surface area contributed by atoms with E-state index in [1.807, 2.05) is 74.5 Å².